The van der Waals surface area contributed by atoms with Crippen molar-refractivity contribution in [2.24, 2.45) is 5.73 Å². The van der Waals surface area contributed by atoms with Gasteiger partial charge in [0.15, 0.2) is 0 Å². The Kier molecular flexibility index (Phi) is 3.54. The predicted octanol–water partition coefficient (Wildman–Crippen LogP) is 1.41. The van der Waals surface area contributed by atoms with Crippen molar-refractivity contribution < 1.29 is 0 Å². The first-order valence-corrected chi connectivity index (χ1v) is 7.06. The van der Waals surface area contributed by atoms with Crippen molar-refractivity contribution in [3.05, 3.63) is 47.0 Å². The van der Waals surface area contributed by atoms with Crippen molar-refractivity contribution in [1.82, 2.24) is 19.7 Å². The van der Waals surface area contributed by atoms with Crippen LogP contribution >= 0.6 is 0 Å². The maximum Gasteiger partial charge on any atom is 0.147 e. The number of aryl methyl sites for hydroxylation is 2. The van der Waals surface area contributed by atoms with Gasteiger partial charge >= 0.3 is 0 Å². The highest BCUT2D eigenvalue weighted by Crippen LogP contribution is 2.25. The number of nitrogens with two attached hydrogens (primary N) is 1. The highest BCUT2D eigenvalue weighted by atomic mass is 15.3. The Morgan fingerprint density at radius 2 is 1.95 bits per heavy atom. The highest BCUT2D eigenvalue weighted by molar-refractivity contribution is 5.31. The molecule has 2 aromatic rings. The molecule has 0 aliphatic carbocycles. The fourth-order valence-corrected chi connectivity index (χ4v) is 3.05. The Hall–Kier alpha value is -1.72. The lowest BCUT2D eigenvalue weighted by atomic mass is 9.99. The van der Waals surface area contributed by atoms with E-state index in [1.807, 2.05) is 0 Å². The topological polar surface area (TPSA) is 60.0 Å². The van der Waals surface area contributed by atoms with E-state index in [2.05, 4.69) is 51.7 Å². The lowest BCUT2D eigenvalue weighted by molar-refractivity contribution is 0.156. The van der Waals surface area contributed by atoms with Crippen molar-refractivity contribution in [2.75, 3.05) is 13.1 Å². The van der Waals surface area contributed by atoms with Crippen LogP contribution in [0.15, 0.2) is 24.5 Å². The number of hydrogen-bond donors (Lipinski definition) is 1. The molecular formula is C15H21N5. The summed E-state index contributed by atoms with van der Waals surface area (Å²) >= 11 is 0. The summed E-state index contributed by atoms with van der Waals surface area (Å²) in [6, 6.07) is 6.93. The number of benzene rings is 1. The van der Waals surface area contributed by atoms with E-state index in [9.17, 15) is 0 Å². The Labute approximate surface area is 119 Å². The molecule has 2 heterocycles. The first-order chi connectivity index (χ1) is 9.67. The molecule has 3 rings (SSSR count). The van der Waals surface area contributed by atoms with Crippen LogP contribution < -0.4 is 5.73 Å². The van der Waals surface area contributed by atoms with Crippen molar-refractivity contribution in [2.45, 2.75) is 33.0 Å². The van der Waals surface area contributed by atoms with Crippen LogP contribution in [0.3, 0.4) is 0 Å². The number of rotatable bonds is 3. The largest absolute Gasteiger partial charge is 0.329 e. The lowest BCUT2D eigenvalue weighted by Gasteiger charge is -2.34. The Morgan fingerprint density at radius 3 is 2.65 bits per heavy atom. The molecule has 0 saturated heterocycles. The first-order valence-electron chi connectivity index (χ1n) is 7.06. The monoisotopic (exact) mass is 271 g/mol. The molecule has 1 atom stereocenters. The number of hydrogen-bond acceptors (Lipinski definition) is 4. The number of nitrogens with zero attached hydrogens (tertiary/aromatic N) is 4. The van der Waals surface area contributed by atoms with Crippen LogP contribution in [0.2, 0.25) is 0 Å². The van der Waals surface area contributed by atoms with Crippen molar-refractivity contribution >= 4 is 0 Å². The number of fused-ring (bicyclic) bond motifs is 1. The molecule has 106 valence electrons. The van der Waals surface area contributed by atoms with Gasteiger partial charge in [-0.05, 0) is 19.4 Å². The average molecular weight is 271 g/mol. The van der Waals surface area contributed by atoms with E-state index in [-0.39, 0.29) is 6.04 Å². The minimum Gasteiger partial charge on any atom is -0.329 e. The second-order valence-electron chi connectivity index (χ2n) is 5.58. The molecule has 0 amide bonds. The molecule has 1 aromatic carbocycles. The molecular weight excluding hydrogens is 250 g/mol. The summed E-state index contributed by atoms with van der Waals surface area (Å²) in [5.74, 6) is 1.03. The van der Waals surface area contributed by atoms with E-state index in [1.54, 1.807) is 6.33 Å². The van der Waals surface area contributed by atoms with Gasteiger partial charge in [-0.3, -0.25) is 4.90 Å². The first kappa shape index (κ1) is 13.3. The molecule has 5 heteroatoms. The highest BCUT2D eigenvalue weighted by Gasteiger charge is 2.25. The molecule has 5 nitrogen and oxygen atoms in total. The number of aromatic nitrogens is 3. The molecule has 0 radical (unpaired) electrons. The average Bonchev–Trinajstić information content (AvgIpc) is 2.86. The summed E-state index contributed by atoms with van der Waals surface area (Å²) in [6.45, 7) is 7.63. The standard InChI is InChI=1S/C15H21N5/c1-11-5-12(2)7-13(6-11)14(8-16)19-3-4-20-10-17-18-15(20)9-19/h5-7,10,14H,3-4,8-9,16H2,1-2H3. The maximum atomic E-state index is 6.05. The van der Waals surface area contributed by atoms with Gasteiger partial charge < -0.3 is 10.3 Å². The molecule has 1 unspecified atom stereocenters. The van der Waals surface area contributed by atoms with Crippen LogP contribution in [0.4, 0.5) is 0 Å². The van der Waals surface area contributed by atoms with E-state index in [4.69, 9.17) is 5.73 Å². The van der Waals surface area contributed by atoms with Gasteiger partial charge in [0.25, 0.3) is 0 Å². The molecule has 0 saturated carbocycles. The molecule has 2 N–H and O–H groups in total. The third-order valence-corrected chi connectivity index (χ3v) is 3.96. The van der Waals surface area contributed by atoms with Gasteiger partial charge in [0.2, 0.25) is 0 Å². The second kappa shape index (κ2) is 5.34. The zero-order chi connectivity index (χ0) is 14.1. The van der Waals surface area contributed by atoms with Gasteiger partial charge in [-0.25, -0.2) is 0 Å². The van der Waals surface area contributed by atoms with Crippen LogP contribution in [-0.2, 0) is 13.1 Å². The Balaban J connectivity index is 1.87. The third kappa shape index (κ3) is 2.46. The van der Waals surface area contributed by atoms with Gasteiger partial charge in [0.05, 0.1) is 6.54 Å². The lowest BCUT2D eigenvalue weighted by Crippen LogP contribution is -2.39. The molecule has 0 bridgehead atoms. The van der Waals surface area contributed by atoms with Gasteiger partial charge in [0.1, 0.15) is 12.2 Å². The van der Waals surface area contributed by atoms with E-state index in [0.29, 0.717) is 6.54 Å². The smallest absolute Gasteiger partial charge is 0.147 e. The molecule has 1 aliphatic heterocycles. The van der Waals surface area contributed by atoms with E-state index in [1.165, 1.54) is 16.7 Å². The van der Waals surface area contributed by atoms with Gasteiger partial charge in [-0.2, -0.15) is 0 Å². The fraction of sp³-hybridized carbons (Fsp3) is 0.467. The van der Waals surface area contributed by atoms with Crippen molar-refractivity contribution in [1.29, 1.82) is 0 Å². The molecule has 1 aromatic heterocycles. The van der Waals surface area contributed by atoms with Crippen molar-refractivity contribution in [3.8, 4) is 0 Å². The van der Waals surface area contributed by atoms with Gasteiger partial charge in [-0.1, -0.05) is 29.3 Å². The summed E-state index contributed by atoms with van der Waals surface area (Å²) < 4.78 is 2.12. The minimum absolute atomic E-state index is 0.249. The summed E-state index contributed by atoms with van der Waals surface area (Å²) in [5, 5.41) is 8.16. The fourth-order valence-electron chi connectivity index (χ4n) is 3.05. The maximum absolute atomic E-state index is 6.05. The van der Waals surface area contributed by atoms with Crippen LogP contribution in [0.25, 0.3) is 0 Å². The van der Waals surface area contributed by atoms with Crippen LogP contribution in [-0.4, -0.2) is 32.8 Å². The van der Waals surface area contributed by atoms with Gasteiger partial charge in [-0.15, -0.1) is 10.2 Å². The van der Waals surface area contributed by atoms with E-state index >= 15 is 0 Å². The summed E-state index contributed by atoms with van der Waals surface area (Å²) in [4.78, 5) is 2.40. The molecule has 0 spiro atoms. The SMILES string of the molecule is Cc1cc(C)cc(C(CN)N2CCn3cnnc3C2)c1. The molecule has 0 fully saturated rings. The zero-order valence-electron chi connectivity index (χ0n) is 12.1. The third-order valence-electron chi connectivity index (χ3n) is 3.96. The van der Waals surface area contributed by atoms with Gasteiger partial charge in [0, 0.05) is 25.7 Å². The summed E-state index contributed by atoms with van der Waals surface area (Å²) in [7, 11) is 0. The normalized spacial score (nSPS) is 16.9. The quantitative estimate of drug-likeness (QED) is 0.917. The summed E-state index contributed by atoms with van der Waals surface area (Å²) in [5.41, 5.74) is 9.93. The Bertz CT molecular complexity index is 584. The van der Waals surface area contributed by atoms with Crippen LogP contribution in [0, 0.1) is 13.8 Å². The minimum atomic E-state index is 0.249. The van der Waals surface area contributed by atoms with Crippen LogP contribution in [0.5, 0.6) is 0 Å². The molecule has 1 aliphatic rings. The molecule has 20 heavy (non-hydrogen) atoms. The van der Waals surface area contributed by atoms with Crippen LogP contribution in [0.1, 0.15) is 28.6 Å². The Morgan fingerprint density at radius 1 is 1.20 bits per heavy atom. The zero-order valence-corrected chi connectivity index (χ0v) is 12.1. The predicted molar refractivity (Wildman–Crippen MR) is 78.1 cm³/mol. The van der Waals surface area contributed by atoms with Crippen molar-refractivity contribution in [3.63, 3.8) is 0 Å². The van der Waals surface area contributed by atoms with E-state index < -0.39 is 0 Å². The van der Waals surface area contributed by atoms with E-state index in [0.717, 1.165) is 25.5 Å². The second-order valence-corrected chi connectivity index (χ2v) is 5.58. The summed E-state index contributed by atoms with van der Waals surface area (Å²) in [6.07, 6.45) is 1.81.